The summed E-state index contributed by atoms with van der Waals surface area (Å²) in [4.78, 5) is 73.5. The molecule has 1 fully saturated rings. The molecule has 1 aliphatic heterocycles. The number of nitrogens with zero attached hydrogens (tertiary/aromatic N) is 1. The van der Waals surface area contributed by atoms with E-state index < -0.39 is 72.6 Å². The van der Waals surface area contributed by atoms with Crippen LogP contribution in [0.4, 0.5) is 0 Å². The number of carboxylic acids is 2. The zero-order valence-electron chi connectivity index (χ0n) is 19.6. The summed E-state index contributed by atoms with van der Waals surface area (Å²) in [6.45, 7) is 0.283. The van der Waals surface area contributed by atoms with Crippen molar-refractivity contribution in [3.63, 3.8) is 0 Å². The van der Waals surface area contributed by atoms with Crippen molar-refractivity contribution in [1.82, 2.24) is 15.5 Å². The third kappa shape index (κ3) is 8.34. The highest BCUT2D eigenvalue weighted by Gasteiger charge is 2.38. The van der Waals surface area contributed by atoms with Crippen LogP contribution in [0.3, 0.4) is 0 Å². The van der Waals surface area contributed by atoms with Gasteiger partial charge in [0.15, 0.2) is 0 Å². The van der Waals surface area contributed by atoms with E-state index in [0.717, 1.165) is 5.56 Å². The second kappa shape index (κ2) is 13.2. The maximum absolute atomic E-state index is 13.0. The van der Waals surface area contributed by atoms with E-state index in [0.29, 0.717) is 12.8 Å². The zero-order valence-corrected chi connectivity index (χ0v) is 19.6. The van der Waals surface area contributed by atoms with Gasteiger partial charge in [0, 0.05) is 13.0 Å². The Hall–Kier alpha value is -4.00. The van der Waals surface area contributed by atoms with Crippen molar-refractivity contribution >= 4 is 35.6 Å². The van der Waals surface area contributed by atoms with E-state index in [4.69, 9.17) is 16.6 Å². The number of amides is 4. The lowest BCUT2D eigenvalue weighted by Crippen LogP contribution is -2.57. The van der Waals surface area contributed by atoms with Gasteiger partial charge in [0.1, 0.15) is 18.1 Å². The number of hydrogen-bond donors (Lipinski definition) is 6. The summed E-state index contributed by atoms with van der Waals surface area (Å²) in [7, 11) is 0. The number of primary amides is 1. The Kier molecular flexibility index (Phi) is 10.3. The average Bonchev–Trinajstić information content (AvgIpc) is 3.30. The van der Waals surface area contributed by atoms with Gasteiger partial charge < -0.3 is 37.2 Å². The van der Waals surface area contributed by atoms with Crippen LogP contribution in [0, 0.1) is 0 Å². The maximum atomic E-state index is 13.0. The lowest BCUT2D eigenvalue weighted by Gasteiger charge is -2.28. The fourth-order valence-corrected chi connectivity index (χ4v) is 3.95. The molecule has 4 atom stereocenters. The van der Waals surface area contributed by atoms with E-state index in [1.807, 2.05) is 30.3 Å². The standard InChI is InChI=1S/C23H31N5O8/c24-14(11-13-5-2-1-3-6-13)22(34)28-10-4-7-17(28)21(33)26-15(8-9-19(30)31)20(32)27-16(23(35)36)12-18(25)29/h1-3,5-6,14-17H,4,7-12,24H2,(H2,25,29)(H,26,33)(H,27,32)(H,30,31)(H,35,36). The van der Waals surface area contributed by atoms with Gasteiger partial charge >= 0.3 is 11.9 Å². The number of likely N-dealkylation sites (tertiary alicyclic amines) is 1. The smallest absolute Gasteiger partial charge is 0.326 e. The second-order valence-corrected chi connectivity index (χ2v) is 8.55. The van der Waals surface area contributed by atoms with E-state index in [-0.39, 0.29) is 19.4 Å². The predicted molar refractivity (Wildman–Crippen MR) is 125 cm³/mol. The van der Waals surface area contributed by atoms with Gasteiger partial charge in [0.05, 0.1) is 12.5 Å². The summed E-state index contributed by atoms with van der Waals surface area (Å²) in [5.41, 5.74) is 12.0. The summed E-state index contributed by atoms with van der Waals surface area (Å²) in [6, 6.07) is 4.24. The molecule has 13 nitrogen and oxygen atoms in total. The molecule has 196 valence electrons. The van der Waals surface area contributed by atoms with Crippen LogP contribution in [0.1, 0.15) is 37.7 Å². The Labute approximate surface area is 207 Å². The maximum Gasteiger partial charge on any atom is 0.326 e. The fourth-order valence-electron chi connectivity index (χ4n) is 3.95. The average molecular weight is 506 g/mol. The topological polar surface area (TPSA) is 222 Å². The number of carbonyl (C=O) groups excluding carboxylic acids is 4. The predicted octanol–water partition coefficient (Wildman–Crippen LogP) is -1.66. The SMILES string of the molecule is NC(=O)CC(NC(=O)C(CCC(=O)O)NC(=O)C1CCCN1C(=O)C(N)Cc1ccccc1)C(=O)O. The van der Waals surface area contributed by atoms with Gasteiger partial charge in [-0.2, -0.15) is 0 Å². The van der Waals surface area contributed by atoms with Crippen molar-refractivity contribution in [2.75, 3.05) is 6.54 Å². The molecule has 4 amide bonds. The number of nitrogens with one attached hydrogen (secondary N) is 2. The van der Waals surface area contributed by atoms with Crippen molar-refractivity contribution in [3.8, 4) is 0 Å². The summed E-state index contributed by atoms with van der Waals surface area (Å²) in [5.74, 6) is -5.85. The van der Waals surface area contributed by atoms with Crippen LogP contribution >= 0.6 is 0 Å². The Balaban J connectivity index is 2.10. The molecule has 0 aliphatic carbocycles. The van der Waals surface area contributed by atoms with Gasteiger partial charge in [-0.05, 0) is 31.2 Å². The Morgan fingerprint density at radius 1 is 1.03 bits per heavy atom. The molecule has 1 aliphatic rings. The van der Waals surface area contributed by atoms with Crippen LogP contribution in [0.2, 0.25) is 0 Å². The third-order valence-electron chi connectivity index (χ3n) is 5.75. The highest BCUT2D eigenvalue weighted by molar-refractivity contribution is 5.95. The number of benzene rings is 1. The lowest BCUT2D eigenvalue weighted by molar-refractivity contribution is -0.144. The molecule has 0 aromatic heterocycles. The van der Waals surface area contributed by atoms with Crippen molar-refractivity contribution in [3.05, 3.63) is 35.9 Å². The highest BCUT2D eigenvalue weighted by Crippen LogP contribution is 2.20. The Morgan fingerprint density at radius 3 is 2.28 bits per heavy atom. The van der Waals surface area contributed by atoms with Gasteiger partial charge in [-0.15, -0.1) is 0 Å². The summed E-state index contributed by atoms with van der Waals surface area (Å²) in [6.07, 6.45) is -0.434. The van der Waals surface area contributed by atoms with Gasteiger partial charge in [0.25, 0.3) is 0 Å². The molecule has 1 heterocycles. The minimum atomic E-state index is -1.65. The van der Waals surface area contributed by atoms with Crippen LogP contribution < -0.4 is 22.1 Å². The number of hydrogen-bond acceptors (Lipinski definition) is 7. The first kappa shape index (κ1) is 28.2. The highest BCUT2D eigenvalue weighted by atomic mass is 16.4. The summed E-state index contributed by atoms with van der Waals surface area (Å²) in [5, 5.41) is 22.8. The molecule has 0 bridgehead atoms. The Bertz CT molecular complexity index is 986. The van der Waals surface area contributed by atoms with Crippen LogP contribution in [0.25, 0.3) is 0 Å². The molecule has 1 aromatic carbocycles. The first-order chi connectivity index (χ1) is 17.0. The van der Waals surface area contributed by atoms with E-state index >= 15 is 0 Å². The normalized spacial score (nSPS) is 17.5. The van der Waals surface area contributed by atoms with Crippen molar-refractivity contribution in [2.45, 2.75) is 62.7 Å². The molecule has 4 unspecified atom stereocenters. The molecule has 36 heavy (non-hydrogen) atoms. The van der Waals surface area contributed by atoms with E-state index in [2.05, 4.69) is 10.6 Å². The Morgan fingerprint density at radius 2 is 1.69 bits per heavy atom. The van der Waals surface area contributed by atoms with Crippen LogP contribution in [0.15, 0.2) is 30.3 Å². The quantitative estimate of drug-likeness (QED) is 0.180. The molecule has 2 rings (SSSR count). The van der Waals surface area contributed by atoms with E-state index in [1.165, 1.54) is 4.90 Å². The van der Waals surface area contributed by atoms with E-state index in [9.17, 15) is 33.9 Å². The monoisotopic (exact) mass is 505 g/mol. The molecular weight excluding hydrogens is 474 g/mol. The first-order valence-electron chi connectivity index (χ1n) is 11.4. The largest absolute Gasteiger partial charge is 0.481 e. The molecular formula is C23H31N5O8. The van der Waals surface area contributed by atoms with Crippen molar-refractivity contribution < 1.29 is 39.0 Å². The minimum Gasteiger partial charge on any atom is -0.481 e. The van der Waals surface area contributed by atoms with Crippen LogP contribution in [-0.2, 0) is 35.2 Å². The van der Waals surface area contributed by atoms with Gasteiger partial charge in [0.2, 0.25) is 23.6 Å². The number of nitrogens with two attached hydrogens (primary N) is 2. The number of carbonyl (C=O) groups is 6. The second-order valence-electron chi connectivity index (χ2n) is 8.55. The lowest BCUT2D eigenvalue weighted by atomic mass is 10.0. The van der Waals surface area contributed by atoms with Crippen LogP contribution in [-0.4, -0.2) is 81.4 Å². The summed E-state index contributed by atoms with van der Waals surface area (Å²) >= 11 is 0. The number of aliphatic carboxylic acids is 2. The van der Waals surface area contributed by atoms with Gasteiger partial charge in [-0.1, -0.05) is 30.3 Å². The summed E-state index contributed by atoms with van der Waals surface area (Å²) < 4.78 is 0. The van der Waals surface area contributed by atoms with Gasteiger partial charge in [-0.25, -0.2) is 4.79 Å². The molecule has 13 heteroatoms. The molecule has 0 saturated carbocycles. The van der Waals surface area contributed by atoms with Gasteiger partial charge in [-0.3, -0.25) is 24.0 Å². The van der Waals surface area contributed by atoms with Crippen molar-refractivity contribution in [1.29, 1.82) is 0 Å². The first-order valence-corrected chi connectivity index (χ1v) is 11.4. The fraction of sp³-hybridized carbons (Fsp3) is 0.478. The molecule has 8 N–H and O–H groups in total. The van der Waals surface area contributed by atoms with E-state index in [1.54, 1.807) is 0 Å². The van der Waals surface area contributed by atoms with Crippen molar-refractivity contribution in [2.24, 2.45) is 11.5 Å². The molecule has 0 spiro atoms. The molecule has 0 radical (unpaired) electrons. The molecule has 1 aromatic rings. The number of rotatable bonds is 13. The minimum absolute atomic E-state index is 0.268. The molecule has 1 saturated heterocycles. The third-order valence-corrected chi connectivity index (χ3v) is 5.75. The zero-order chi connectivity index (χ0) is 26.8. The van der Waals surface area contributed by atoms with Crippen LogP contribution in [0.5, 0.6) is 0 Å². The number of carboxylic acid groups (broad SMARTS) is 2.